The van der Waals surface area contributed by atoms with Crippen LogP contribution >= 0.6 is 23.2 Å². The molecule has 2 N–H and O–H groups in total. The zero-order valence-electron chi connectivity index (χ0n) is 9.70. The van der Waals surface area contributed by atoms with Crippen molar-refractivity contribution in [3.63, 3.8) is 0 Å². The molecular formula is C12H12Cl2FN3. The summed E-state index contributed by atoms with van der Waals surface area (Å²) in [5.41, 5.74) is 6.95. The standard InChI is InChI=1S/C12H12Cl2FN3/c1-2-18-12(9(14)6-17-18)11(16)8-5-7(13)3-4-10(8)15/h3-6,11H,2,16H2,1H3. The number of halogens is 3. The fourth-order valence-electron chi connectivity index (χ4n) is 1.83. The van der Waals surface area contributed by atoms with Gasteiger partial charge in [0.25, 0.3) is 0 Å². The molecule has 0 radical (unpaired) electrons. The van der Waals surface area contributed by atoms with E-state index in [4.69, 9.17) is 28.9 Å². The molecule has 0 amide bonds. The molecule has 2 aromatic rings. The second kappa shape index (κ2) is 5.26. The average Bonchev–Trinajstić information content (AvgIpc) is 2.72. The summed E-state index contributed by atoms with van der Waals surface area (Å²) in [5, 5.41) is 4.93. The van der Waals surface area contributed by atoms with Crippen LogP contribution in [0.15, 0.2) is 24.4 Å². The van der Waals surface area contributed by atoms with E-state index in [-0.39, 0.29) is 0 Å². The summed E-state index contributed by atoms with van der Waals surface area (Å²) < 4.78 is 15.4. The Labute approximate surface area is 114 Å². The van der Waals surface area contributed by atoms with E-state index in [9.17, 15) is 4.39 Å². The van der Waals surface area contributed by atoms with Gasteiger partial charge in [0, 0.05) is 17.1 Å². The molecule has 1 aromatic carbocycles. The molecule has 18 heavy (non-hydrogen) atoms. The summed E-state index contributed by atoms with van der Waals surface area (Å²) in [6, 6.07) is 3.58. The van der Waals surface area contributed by atoms with Crippen LogP contribution in [0.2, 0.25) is 10.0 Å². The fraction of sp³-hybridized carbons (Fsp3) is 0.250. The molecule has 6 heteroatoms. The Morgan fingerprint density at radius 3 is 2.83 bits per heavy atom. The quantitative estimate of drug-likeness (QED) is 0.940. The molecule has 96 valence electrons. The second-order valence-electron chi connectivity index (χ2n) is 3.84. The van der Waals surface area contributed by atoms with E-state index in [0.29, 0.717) is 27.8 Å². The first-order chi connectivity index (χ1) is 8.54. The molecule has 0 bridgehead atoms. The summed E-state index contributed by atoms with van der Waals surface area (Å²) in [4.78, 5) is 0. The Hall–Kier alpha value is -1.10. The van der Waals surface area contributed by atoms with Gasteiger partial charge in [-0.2, -0.15) is 5.10 Å². The maximum Gasteiger partial charge on any atom is 0.128 e. The van der Waals surface area contributed by atoms with E-state index in [1.165, 1.54) is 24.4 Å². The number of nitrogens with zero attached hydrogens (tertiary/aromatic N) is 2. The van der Waals surface area contributed by atoms with E-state index in [1.807, 2.05) is 6.92 Å². The molecule has 0 fully saturated rings. The van der Waals surface area contributed by atoms with Crippen molar-refractivity contribution in [2.75, 3.05) is 0 Å². The van der Waals surface area contributed by atoms with E-state index in [0.717, 1.165) is 0 Å². The van der Waals surface area contributed by atoms with Crippen molar-refractivity contribution in [1.82, 2.24) is 9.78 Å². The van der Waals surface area contributed by atoms with Gasteiger partial charge in [-0.1, -0.05) is 23.2 Å². The lowest BCUT2D eigenvalue weighted by molar-refractivity contribution is 0.568. The normalized spacial score (nSPS) is 12.7. The van der Waals surface area contributed by atoms with Gasteiger partial charge in [-0.15, -0.1) is 0 Å². The third-order valence-corrected chi connectivity index (χ3v) is 3.25. The second-order valence-corrected chi connectivity index (χ2v) is 4.68. The number of hydrogen-bond acceptors (Lipinski definition) is 2. The topological polar surface area (TPSA) is 43.8 Å². The van der Waals surface area contributed by atoms with E-state index in [1.54, 1.807) is 4.68 Å². The predicted molar refractivity (Wildman–Crippen MR) is 70.4 cm³/mol. The highest BCUT2D eigenvalue weighted by molar-refractivity contribution is 6.31. The largest absolute Gasteiger partial charge is 0.319 e. The van der Waals surface area contributed by atoms with Gasteiger partial charge in [-0.05, 0) is 25.1 Å². The molecule has 0 aliphatic rings. The number of aromatic nitrogens is 2. The Morgan fingerprint density at radius 2 is 2.17 bits per heavy atom. The van der Waals surface area contributed by atoms with Gasteiger partial charge in [0.15, 0.2) is 0 Å². The molecule has 1 unspecified atom stereocenters. The van der Waals surface area contributed by atoms with Gasteiger partial charge in [-0.3, -0.25) is 4.68 Å². The Bertz CT molecular complexity index is 568. The van der Waals surface area contributed by atoms with Crippen LogP contribution in [-0.2, 0) is 6.54 Å². The van der Waals surface area contributed by atoms with Crippen LogP contribution in [0.1, 0.15) is 24.2 Å². The lowest BCUT2D eigenvalue weighted by atomic mass is 10.0. The number of rotatable bonds is 3. The van der Waals surface area contributed by atoms with E-state index < -0.39 is 11.9 Å². The molecular weight excluding hydrogens is 276 g/mol. The highest BCUT2D eigenvalue weighted by atomic mass is 35.5. The number of aryl methyl sites for hydroxylation is 1. The molecule has 0 saturated heterocycles. The lowest BCUT2D eigenvalue weighted by Gasteiger charge is -2.15. The molecule has 1 heterocycles. The Kier molecular flexibility index (Phi) is 3.90. The number of hydrogen-bond donors (Lipinski definition) is 1. The molecule has 0 aliphatic carbocycles. The van der Waals surface area contributed by atoms with Crippen LogP contribution in [-0.4, -0.2) is 9.78 Å². The third kappa shape index (κ3) is 2.36. The van der Waals surface area contributed by atoms with Crippen molar-refractivity contribution in [3.05, 3.63) is 51.5 Å². The van der Waals surface area contributed by atoms with Gasteiger partial charge in [0.1, 0.15) is 5.82 Å². The van der Waals surface area contributed by atoms with Crippen LogP contribution in [0.4, 0.5) is 4.39 Å². The minimum Gasteiger partial charge on any atom is -0.319 e. The van der Waals surface area contributed by atoms with Crippen molar-refractivity contribution in [3.8, 4) is 0 Å². The van der Waals surface area contributed by atoms with Gasteiger partial charge in [0.2, 0.25) is 0 Å². The molecule has 2 rings (SSSR count). The van der Waals surface area contributed by atoms with Crippen LogP contribution in [0.5, 0.6) is 0 Å². The minimum absolute atomic E-state index is 0.305. The predicted octanol–water partition coefficient (Wildman–Crippen LogP) is 3.40. The first-order valence-corrected chi connectivity index (χ1v) is 6.22. The minimum atomic E-state index is -0.696. The summed E-state index contributed by atoms with van der Waals surface area (Å²) in [6.07, 6.45) is 1.50. The van der Waals surface area contributed by atoms with Crippen LogP contribution in [0.3, 0.4) is 0 Å². The summed E-state index contributed by atoms with van der Waals surface area (Å²) in [5.74, 6) is -0.410. The molecule has 1 aromatic heterocycles. The molecule has 0 aliphatic heterocycles. The van der Waals surface area contributed by atoms with E-state index in [2.05, 4.69) is 5.10 Å². The van der Waals surface area contributed by atoms with Crippen molar-refractivity contribution in [1.29, 1.82) is 0 Å². The Morgan fingerprint density at radius 1 is 1.44 bits per heavy atom. The fourth-order valence-corrected chi connectivity index (χ4v) is 2.27. The summed E-state index contributed by atoms with van der Waals surface area (Å²) in [6.45, 7) is 2.52. The molecule has 1 atom stereocenters. The van der Waals surface area contributed by atoms with Gasteiger partial charge >= 0.3 is 0 Å². The summed E-state index contributed by atoms with van der Waals surface area (Å²) >= 11 is 11.9. The van der Waals surface area contributed by atoms with Crippen molar-refractivity contribution in [2.45, 2.75) is 19.5 Å². The van der Waals surface area contributed by atoms with Crippen molar-refractivity contribution >= 4 is 23.2 Å². The molecule has 0 saturated carbocycles. The van der Waals surface area contributed by atoms with E-state index >= 15 is 0 Å². The lowest BCUT2D eigenvalue weighted by Crippen LogP contribution is -2.18. The molecule has 0 spiro atoms. The third-order valence-electron chi connectivity index (χ3n) is 2.72. The maximum atomic E-state index is 13.8. The molecule has 3 nitrogen and oxygen atoms in total. The zero-order chi connectivity index (χ0) is 13.3. The first-order valence-electron chi connectivity index (χ1n) is 5.46. The highest BCUT2D eigenvalue weighted by Crippen LogP contribution is 2.29. The SMILES string of the molecule is CCn1ncc(Cl)c1C(N)c1cc(Cl)ccc1F. The van der Waals surface area contributed by atoms with Crippen LogP contribution in [0, 0.1) is 5.82 Å². The van der Waals surface area contributed by atoms with Gasteiger partial charge < -0.3 is 5.73 Å². The highest BCUT2D eigenvalue weighted by Gasteiger charge is 2.21. The average molecular weight is 288 g/mol. The number of nitrogens with two attached hydrogens (primary N) is 1. The number of benzene rings is 1. The van der Waals surface area contributed by atoms with Gasteiger partial charge in [-0.25, -0.2) is 4.39 Å². The monoisotopic (exact) mass is 287 g/mol. The Balaban J connectivity index is 2.50. The maximum absolute atomic E-state index is 13.8. The van der Waals surface area contributed by atoms with Crippen LogP contribution < -0.4 is 5.73 Å². The van der Waals surface area contributed by atoms with Crippen molar-refractivity contribution < 1.29 is 4.39 Å². The first kappa shape index (κ1) is 13.3. The van der Waals surface area contributed by atoms with Gasteiger partial charge in [0.05, 0.1) is 23.0 Å². The van der Waals surface area contributed by atoms with Crippen LogP contribution in [0.25, 0.3) is 0 Å². The zero-order valence-corrected chi connectivity index (χ0v) is 11.2. The van der Waals surface area contributed by atoms with Crippen molar-refractivity contribution in [2.24, 2.45) is 5.73 Å². The smallest absolute Gasteiger partial charge is 0.128 e. The summed E-state index contributed by atoms with van der Waals surface area (Å²) in [7, 11) is 0.